The molecule has 1 saturated heterocycles. The van der Waals surface area contributed by atoms with E-state index < -0.39 is 0 Å². The van der Waals surface area contributed by atoms with Gasteiger partial charge < -0.3 is 9.32 Å². The summed E-state index contributed by atoms with van der Waals surface area (Å²) in [7, 11) is 0. The van der Waals surface area contributed by atoms with Gasteiger partial charge in [-0.2, -0.15) is 0 Å². The number of furan rings is 1. The summed E-state index contributed by atoms with van der Waals surface area (Å²) < 4.78 is 6.38. The minimum absolute atomic E-state index is 0.0236. The second-order valence-corrected chi connectivity index (χ2v) is 9.63. The molecule has 2 aliphatic rings. The predicted molar refractivity (Wildman–Crippen MR) is 116 cm³/mol. The van der Waals surface area contributed by atoms with Crippen LogP contribution in [0, 0.1) is 32.2 Å². The second kappa shape index (κ2) is 5.98. The van der Waals surface area contributed by atoms with Gasteiger partial charge in [0.2, 0.25) is 5.71 Å². The molecule has 3 heterocycles. The number of aromatic nitrogens is 1. The summed E-state index contributed by atoms with van der Waals surface area (Å²) in [6.45, 7) is 13.6. The van der Waals surface area contributed by atoms with Gasteiger partial charge in [0.25, 0.3) is 0 Å². The molecule has 2 radical (unpaired) electrons. The van der Waals surface area contributed by atoms with Crippen LogP contribution in [0.15, 0.2) is 28.7 Å². The first-order valence-electron chi connectivity index (χ1n) is 10.6. The van der Waals surface area contributed by atoms with Gasteiger partial charge in [-0.25, -0.2) is 4.98 Å². The molecule has 1 spiro atoms. The van der Waals surface area contributed by atoms with Gasteiger partial charge in [-0.15, -0.1) is 0 Å². The van der Waals surface area contributed by atoms with Crippen LogP contribution in [0.3, 0.4) is 0 Å². The van der Waals surface area contributed by atoms with Crippen LogP contribution in [0.4, 0.5) is 5.69 Å². The molecular formula is C25H30N2O. The zero-order chi connectivity index (χ0) is 19.7. The average Bonchev–Trinajstić information content (AvgIpc) is 3.09. The highest BCUT2D eigenvalue weighted by molar-refractivity contribution is 6.09. The molecule has 3 heteroatoms. The zero-order valence-corrected chi connectivity index (χ0v) is 17.6. The van der Waals surface area contributed by atoms with Crippen molar-refractivity contribution < 1.29 is 4.42 Å². The minimum Gasteiger partial charge on any atom is -0.436 e. The van der Waals surface area contributed by atoms with Crippen LogP contribution in [0.25, 0.3) is 22.1 Å². The summed E-state index contributed by atoms with van der Waals surface area (Å²) in [6.07, 6.45) is 7.70. The SMILES string of the molecule is [CH2][C]1N(c2c(C)ccc3c2oc2nc(C)ccc23)C(C)(C)CC12CCCCC2. The minimum atomic E-state index is 0.0236. The molecule has 1 aliphatic heterocycles. The van der Waals surface area contributed by atoms with Gasteiger partial charge in [0.05, 0.1) is 11.7 Å². The molecule has 0 N–H and O–H groups in total. The van der Waals surface area contributed by atoms with Gasteiger partial charge in [-0.3, -0.25) is 0 Å². The van der Waals surface area contributed by atoms with Crippen LogP contribution in [-0.2, 0) is 0 Å². The Morgan fingerprint density at radius 3 is 2.46 bits per heavy atom. The van der Waals surface area contributed by atoms with Crippen molar-refractivity contribution in [1.82, 2.24) is 4.98 Å². The van der Waals surface area contributed by atoms with E-state index in [0.717, 1.165) is 27.8 Å². The monoisotopic (exact) mass is 374 g/mol. The Hall–Kier alpha value is -2.03. The molecule has 5 rings (SSSR count). The van der Waals surface area contributed by atoms with Crippen LogP contribution < -0.4 is 4.90 Å². The number of pyridine rings is 1. The first kappa shape index (κ1) is 18.0. The molecule has 0 unspecified atom stereocenters. The van der Waals surface area contributed by atoms with Crippen molar-refractivity contribution in [2.24, 2.45) is 5.41 Å². The molecule has 2 fully saturated rings. The van der Waals surface area contributed by atoms with E-state index >= 15 is 0 Å². The highest BCUT2D eigenvalue weighted by Gasteiger charge is 2.55. The lowest BCUT2D eigenvalue weighted by Gasteiger charge is -2.40. The maximum Gasteiger partial charge on any atom is 0.227 e. The quantitative estimate of drug-likeness (QED) is 0.464. The van der Waals surface area contributed by atoms with Gasteiger partial charge in [-0.1, -0.05) is 31.4 Å². The topological polar surface area (TPSA) is 29.3 Å². The smallest absolute Gasteiger partial charge is 0.227 e. The predicted octanol–water partition coefficient (Wildman–Crippen LogP) is 6.90. The molecule has 0 atom stereocenters. The molecule has 0 bridgehead atoms. The Morgan fingerprint density at radius 2 is 1.71 bits per heavy atom. The van der Waals surface area contributed by atoms with E-state index in [1.54, 1.807) is 0 Å². The fourth-order valence-corrected chi connectivity index (χ4v) is 5.92. The molecule has 1 aromatic carbocycles. The van der Waals surface area contributed by atoms with Crippen LogP contribution in [0.2, 0.25) is 0 Å². The Balaban J connectivity index is 1.73. The average molecular weight is 375 g/mol. The lowest BCUT2D eigenvalue weighted by atomic mass is 9.68. The number of hydrogen-bond donors (Lipinski definition) is 0. The number of anilines is 1. The van der Waals surface area contributed by atoms with E-state index in [-0.39, 0.29) is 11.0 Å². The number of nitrogens with zero attached hydrogens (tertiary/aromatic N) is 2. The molecule has 3 nitrogen and oxygen atoms in total. The summed E-state index contributed by atoms with van der Waals surface area (Å²) >= 11 is 0. The van der Waals surface area contributed by atoms with Crippen molar-refractivity contribution in [1.29, 1.82) is 0 Å². The summed E-state index contributed by atoms with van der Waals surface area (Å²) in [5.74, 6) is 0. The molecule has 146 valence electrons. The van der Waals surface area contributed by atoms with Crippen molar-refractivity contribution in [3.05, 3.63) is 48.5 Å². The normalized spacial score (nSPS) is 22.0. The Bertz CT molecular complexity index is 1060. The van der Waals surface area contributed by atoms with E-state index in [1.165, 1.54) is 55.8 Å². The molecule has 2 aromatic heterocycles. The number of aryl methyl sites for hydroxylation is 2. The van der Waals surface area contributed by atoms with Gasteiger partial charge in [0, 0.05) is 22.0 Å². The summed E-state index contributed by atoms with van der Waals surface area (Å²) in [5.41, 5.74) is 5.37. The second-order valence-electron chi connectivity index (χ2n) is 9.63. The third-order valence-corrected chi connectivity index (χ3v) is 7.11. The molecule has 1 aliphatic carbocycles. The fraction of sp³-hybridized carbons (Fsp3) is 0.480. The van der Waals surface area contributed by atoms with E-state index in [0.29, 0.717) is 0 Å². The highest BCUT2D eigenvalue weighted by Crippen LogP contribution is 2.60. The van der Waals surface area contributed by atoms with Crippen molar-refractivity contribution in [3.8, 4) is 0 Å². The molecule has 3 aromatic rings. The van der Waals surface area contributed by atoms with Crippen LogP contribution in [0.5, 0.6) is 0 Å². The van der Waals surface area contributed by atoms with Crippen LogP contribution in [0.1, 0.15) is 63.6 Å². The largest absolute Gasteiger partial charge is 0.436 e. The van der Waals surface area contributed by atoms with Gasteiger partial charge in [0.1, 0.15) is 0 Å². The Labute approximate surface area is 168 Å². The molecular weight excluding hydrogens is 344 g/mol. The van der Waals surface area contributed by atoms with Crippen molar-refractivity contribution in [2.45, 2.75) is 71.8 Å². The lowest BCUT2D eigenvalue weighted by Crippen LogP contribution is -2.40. The highest BCUT2D eigenvalue weighted by atomic mass is 16.3. The molecule has 28 heavy (non-hydrogen) atoms. The van der Waals surface area contributed by atoms with Crippen LogP contribution in [-0.4, -0.2) is 10.5 Å². The lowest BCUT2D eigenvalue weighted by molar-refractivity contribution is 0.212. The van der Waals surface area contributed by atoms with Gasteiger partial charge in [-0.05, 0) is 77.0 Å². The van der Waals surface area contributed by atoms with Gasteiger partial charge in [0.15, 0.2) is 5.58 Å². The van der Waals surface area contributed by atoms with Crippen LogP contribution >= 0.6 is 0 Å². The van der Waals surface area contributed by atoms with E-state index in [4.69, 9.17) is 4.42 Å². The summed E-state index contributed by atoms with van der Waals surface area (Å²) in [5, 5.41) is 2.24. The zero-order valence-electron chi connectivity index (χ0n) is 17.6. The first-order chi connectivity index (χ1) is 13.3. The number of benzene rings is 1. The third kappa shape index (κ3) is 2.44. The Morgan fingerprint density at radius 1 is 1.00 bits per heavy atom. The third-order valence-electron chi connectivity index (χ3n) is 7.11. The maximum atomic E-state index is 6.38. The Kier molecular flexibility index (Phi) is 3.85. The molecule has 1 saturated carbocycles. The molecule has 0 amide bonds. The van der Waals surface area contributed by atoms with E-state index in [1.807, 2.05) is 6.92 Å². The first-order valence-corrected chi connectivity index (χ1v) is 10.6. The van der Waals surface area contributed by atoms with E-state index in [9.17, 15) is 0 Å². The number of fused-ring (bicyclic) bond motifs is 3. The van der Waals surface area contributed by atoms with Crippen molar-refractivity contribution in [2.75, 3.05) is 4.90 Å². The maximum absolute atomic E-state index is 6.38. The summed E-state index contributed by atoms with van der Waals surface area (Å²) in [4.78, 5) is 7.15. The van der Waals surface area contributed by atoms with Crippen molar-refractivity contribution >= 4 is 27.8 Å². The number of hydrogen-bond acceptors (Lipinski definition) is 3. The van der Waals surface area contributed by atoms with Crippen molar-refractivity contribution in [3.63, 3.8) is 0 Å². The summed E-state index contributed by atoms with van der Waals surface area (Å²) in [6, 6.07) is 9.89. The van der Waals surface area contributed by atoms with Gasteiger partial charge >= 0.3 is 0 Å². The fourth-order valence-electron chi connectivity index (χ4n) is 5.92. The van der Waals surface area contributed by atoms with E-state index in [2.05, 4.69) is 61.8 Å². The number of rotatable bonds is 1. The standard InChI is InChI=1S/C25H30N2O/c1-16-9-11-19-20-12-10-17(2)26-23(20)28-22(19)21(16)27-18(3)25(15-24(27,4)5)13-7-6-8-14-25/h9-12H,3,6-8,13-15H2,1-2,4-5H3.